The number of ether oxygens (including phenoxy) is 1. The molecule has 1 aromatic heterocycles. The van der Waals surface area contributed by atoms with Crippen molar-refractivity contribution < 1.29 is 31.1 Å². The van der Waals surface area contributed by atoms with E-state index in [0.29, 0.717) is 49.2 Å². The second-order valence-corrected chi connectivity index (χ2v) is 10.00. The number of likely N-dealkylation sites (tertiary alicyclic amines) is 1. The molecule has 1 saturated heterocycles. The molecule has 5 rings (SSSR count). The molecule has 11 heteroatoms. The molecule has 0 amide bonds. The first-order valence-corrected chi connectivity index (χ1v) is 12.7. The van der Waals surface area contributed by atoms with Gasteiger partial charge < -0.3 is 15.0 Å². The van der Waals surface area contributed by atoms with Crippen LogP contribution >= 0.6 is 0 Å². The zero-order valence-electron chi connectivity index (χ0n) is 20.9. The Balaban J connectivity index is 1.52. The lowest BCUT2D eigenvalue weighted by molar-refractivity contribution is -0.0515. The van der Waals surface area contributed by atoms with E-state index >= 15 is 0 Å². The summed E-state index contributed by atoms with van der Waals surface area (Å²) in [6.45, 7) is -0.261. The van der Waals surface area contributed by atoms with Gasteiger partial charge in [0.25, 0.3) is 6.43 Å². The standard InChI is InChI=1S/C27H30F6N4O/c1-15-10-20-18-4-2-5-21(29)24(18)35-25(20)26(37(15)14-23(30)31)19-7-6-16(11-22(19)38-27(32)33)34-17-12-36(13-17)9-3-8-28/h2,4-7,11,15,17,23,26-27,34-35H,3,8-10,12-14H2,1H3/t15-,26?/m1/s1. The van der Waals surface area contributed by atoms with Gasteiger partial charge in [0.2, 0.25) is 0 Å². The maximum Gasteiger partial charge on any atom is 0.387 e. The highest BCUT2D eigenvalue weighted by Crippen LogP contribution is 2.45. The molecule has 2 aromatic carbocycles. The summed E-state index contributed by atoms with van der Waals surface area (Å²) < 4.78 is 86.5. The van der Waals surface area contributed by atoms with E-state index in [-0.39, 0.29) is 35.6 Å². The molecule has 3 aromatic rings. The number of hydrogen-bond donors (Lipinski definition) is 2. The molecule has 38 heavy (non-hydrogen) atoms. The van der Waals surface area contributed by atoms with Crippen LogP contribution in [0.25, 0.3) is 10.9 Å². The summed E-state index contributed by atoms with van der Waals surface area (Å²) in [5.74, 6) is -0.615. The summed E-state index contributed by atoms with van der Waals surface area (Å²) in [5, 5.41) is 3.92. The number of halogens is 6. The number of alkyl halides is 5. The molecule has 1 fully saturated rings. The first kappa shape index (κ1) is 26.7. The summed E-state index contributed by atoms with van der Waals surface area (Å²) in [4.78, 5) is 6.71. The van der Waals surface area contributed by atoms with Crippen LogP contribution in [0.15, 0.2) is 36.4 Å². The van der Waals surface area contributed by atoms with Gasteiger partial charge in [-0.3, -0.25) is 14.2 Å². The van der Waals surface area contributed by atoms with E-state index in [4.69, 9.17) is 4.74 Å². The predicted octanol–water partition coefficient (Wildman–Crippen LogP) is 5.97. The number of anilines is 1. The van der Waals surface area contributed by atoms with E-state index in [9.17, 15) is 26.3 Å². The third-order valence-corrected chi connectivity index (χ3v) is 7.40. The quantitative estimate of drug-likeness (QED) is 0.311. The molecule has 1 unspecified atom stereocenters. The van der Waals surface area contributed by atoms with Crippen LogP contribution in [-0.2, 0) is 6.42 Å². The van der Waals surface area contributed by atoms with Crippen LogP contribution < -0.4 is 10.1 Å². The average Bonchev–Trinajstić information content (AvgIpc) is 3.20. The van der Waals surface area contributed by atoms with Crippen LogP contribution in [0.2, 0.25) is 0 Å². The molecule has 2 N–H and O–H groups in total. The van der Waals surface area contributed by atoms with E-state index in [0.717, 1.165) is 5.56 Å². The van der Waals surface area contributed by atoms with Crippen molar-refractivity contribution >= 4 is 16.6 Å². The first-order chi connectivity index (χ1) is 18.2. The average molecular weight is 541 g/mol. The first-order valence-electron chi connectivity index (χ1n) is 12.7. The van der Waals surface area contributed by atoms with Gasteiger partial charge in [0.15, 0.2) is 0 Å². The molecule has 0 spiro atoms. The molecular formula is C27H30F6N4O. The van der Waals surface area contributed by atoms with Gasteiger partial charge in [0, 0.05) is 54.1 Å². The maximum atomic E-state index is 14.6. The number of aromatic nitrogens is 1. The summed E-state index contributed by atoms with van der Waals surface area (Å²) in [6.07, 6.45) is -1.81. The molecule has 3 heterocycles. The highest BCUT2D eigenvalue weighted by atomic mass is 19.3. The van der Waals surface area contributed by atoms with Gasteiger partial charge in [-0.05, 0) is 37.5 Å². The summed E-state index contributed by atoms with van der Waals surface area (Å²) in [6, 6.07) is 8.24. The van der Waals surface area contributed by atoms with E-state index < -0.39 is 31.4 Å². The Bertz CT molecular complexity index is 1260. The highest BCUT2D eigenvalue weighted by Gasteiger charge is 2.39. The Hall–Kier alpha value is -2.92. The Morgan fingerprint density at radius 1 is 1.13 bits per heavy atom. The number of aromatic amines is 1. The SMILES string of the molecule is C[C@@H]1Cc2c([nH]c3c(F)cccc23)C(c2ccc(NC3CN(CCCF)C3)cc2OC(F)F)N1CC(F)F. The summed E-state index contributed by atoms with van der Waals surface area (Å²) >= 11 is 0. The monoisotopic (exact) mass is 540 g/mol. The third kappa shape index (κ3) is 5.31. The fourth-order valence-electron chi connectivity index (χ4n) is 5.73. The van der Waals surface area contributed by atoms with Gasteiger partial charge in [-0.25, -0.2) is 13.2 Å². The number of benzene rings is 2. The largest absolute Gasteiger partial charge is 0.434 e. The lowest BCUT2D eigenvalue weighted by Crippen LogP contribution is -2.54. The van der Waals surface area contributed by atoms with Crippen LogP contribution in [0, 0.1) is 5.82 Å². The minimum atomic E-state index is -3.13. The van der Waals surface area contributed by atoms with Crippen LogP contribution in [-0.4, -0.2) is 72.8 Å². The molecule has 2 aliphatic rings. The fraction of sp³-hybridized carbons (Fsp3) is 0.481. The number of nitrogens with zero attached hydrogens (tertiary/aromatic N) is 2. The lowest BCUT2D eigenvalue weighted by atomic mass is 9.88. The topological polar surface area (TPSA) is 43.5 Å². The molecule has 2 aliphatic heterocycles. The zero-order valence-corrected chi connectivity index (χ0v) is 20.9. The molecule has 0 radical (unpaired) electrons. The van der Waals surface area contributed by atoms with Gasteiger partial charge in [-0.2, -0.15) is 8.78 Å². The number of H-pyrrole nitrogens is 1. The van der Waals surface area contributed by atoms with Crippen LogP contribution in [0.3, 0.4) is 0 Å². The molecule has 0 bridgehead atoms. The minimum absolute atomic E-state index is 0.0631. The van der Waals surface area contributed by atoms with Gasteiger partial charge in [0.1, 0.15) is 11.6 Å². The summed E-state index contributed by atoms with van der Waals surface area (Å²) in [5.41, 5.74) is 2.36. The number of hydrogen-bond acceptors (Lipinski definition) is 4. The minimum Gasteiger partial charge on any atom is -0.434 e. The Labute approximate surface area is 216 Å². The van der Waals surface area contributed by atoms with Crippen molar-refractivity contribution in [2.24, 2.45) is 0 Å². The van der Waals surface area contributed by atoms with Gasteiger partial charge in [-0.1, -0.05) is 18.2 Å². The molecule has 5 nitrogen and oxygen atoms in total. The fourth-order valence-corrected chi connectivity index (χ4v) is 5.73. The van der Waals surface area contributed by atoms with Crippen molar-refractivity contribution in [2.75, 3.05) is 38.2 Å². The van der Waals surface area contributed by atoms with Crippen LogP contribution in [0.5, 0.6) is 5.75 Å². The smallest absolute Gasteiger partial charge is 0.387 e. The molecule has 0 saturated carbocycles. The summed E-state index contributed by atoms with van der Waals surface area (Å²) in [7, 11) is 0. The van der Waals surface area contributed by atoms with Crippen LogP contribution in [0.1, 0.15) is 36.2 Å². The van der Waals surface area contributed by atoms with Crippen molar-refractivity contribution in [1.82, 2.24) is 14.8 Å². The second kappa shape index (κ2) is 11.1. The van der Waals surface area contributed by atoms with Gasteiger partial charge >= 0.3 is 6.61 Å². The molecule has 206 valence electrons. The molecule has 2 atom stereocenters. The van der Waals surface area contributed by atoms with E-state index in [1.54, 1.807) is 36.1 Å². The zero-order chi connectivity index (χ0) is 27.0. The number of nitrogens with one attached hydrogen (secondary N) is 2. The van der Waals surface area contributed by atoms with Crippen molar-refractivity contribution in [3.05, 3.63) is 59.0 Å². The van der Waals surface area contributed by atoms with E-state index in [1.165, 1.54) is 12.1 Å². The third-order valence-electron chi connectivity index (χ3n) is 7.40. The van der Waals surface area contributed by atoms with Crippen molar-refractivity contribution in [2.45, 2.75) is 50.9 Å². The van der Waals surface area contributed by atoms with E-state index in [1.807, 2.05) is 0 Å². The Morgan fingerprint density at radius 2 is 1.92 bits per heavy atom. The lowest BCUT2D eigenvalue weighted by Gasteiger charge is -2.41. The molecular weight excluding hydrogens is 510 g/mol. The Kier molecular flexibility index (Phi) is 7.76. The highest BCUT2D eigenvalue weighted by molar-refractivity contribution is 5.86. The predicted molar refractivity (Wildman–Crippen MR) is 133 cm³/mol. The van der Waals surface area contributed by atoms with E-state index in [2.05, 4.69) is 15.2 Å². The Morgan fingerprint density at radius 3 is 2.63 bits per heavy atom. The maximum absolute atomic E-state index is 14.6. The van der Waals surface area contributed by atoms with Crippen molar-refractivity contribution in [3.8, 4) is 5.75 Å². The van der Waals surface area contributed by atoms with Crippen LogP contribution in [0.4, 0.5) is 32.0 Å². The molecule has 0 aliphatic carbocycles. The normalized spacial score (nSPS) is 20.8. The number of rotatable bonds is 10. The number of para-hydroxylation sites is 1. The van der Waals surface area contributed by atoms with Crippen molar-refractivity contribution in [3.63, 3.8) is 0 Å². The second-order valence-electron chi connectivity index (χ2n) is 10.00. The van der Waals surface area contributed by atoms with Crippen molar-refractivity contribution in [1.29, 1.82) is 0 Å². The number of fused-ring (bicyclic) bond motifs is 3. The van der Waals surface area contributed by atoms with Gasteiger partial charge in [0.05, 0.1) is 30.8 Å². The van der Waals surface area contributed by atoms with Gasteiger partial charge in [-0.15, -0.1) is 0 Å².